The third kappa shape index (κ3) is 2.86. The summed E-state index contributed by atoms with van der Waals surface area (Å²) in [7, 11) is 2.71. The molecule has 0 radical (unpaired) electrons. The molecule has 1 amide bonds. The van der Waals surface area contributed by atoms with Gasteiger partial charge in [0.1, 0.15) is 6.04 Å². The van der Waals surface area contributed by atoms with E-state index in [0.717, 1.165) is 15.8 Å². The van der Waals surface area contributed by atoms with E-state index < -0.39 is 23.9 Å². The molecule has 0 spiro atoms. The van der Waals surface area contributed by atoms with E-state index in [9.17, 15) is 19.5 Å². The largest absolute Gasteiger partial charge is 0.477 e. The number of esters is 1. The number of benzene rings is 1. The van der Waals surface area contributed by atoms with Gasteiger partial charge in [-0.2, -0.15) is 5.10 Å². The summed E-state index contributed by atoms with van der Waals surface area (Å²) >= 11 is 0. The summed E-state index contributed by atoms with van der Waals surface area (Å²) in [6, 6.07) is 6.69. The molecule has 1 aliphatic heterocycles. The summed E-state index contributed by atoms with van der Waals surface area (Å²) in [5.74, 6) is -2.35. The van der Waals surface area contributed by atoms with Crippen molar-refractivity contribution in [1.82, 2.24) is 14.7 Å². The predicted molar refractivity (Wildman–Crippen MR) is 86.0 cm³/mol. The number of rotatable bonds is 3. The molecule has 8 nitrogen and oxygen atoms in total. The van der Waals surface area contributed by atoms with E-state index in [4.69, 9.17) is 4.74 Å². The molecule has 3 rings (SSSR count). The topological polar surface area (TPSA) is 102 Å². The summed E-state index contributed by atoms with van der Waals surface area (Å²) < 4.78 is 5.96. The van der Waals surface area contributed by atoms with Gasteiger partial charge in [-0.15, -0.1) is 0 Å². The molecule has 0 fully saturated rings. The van der Waals surface area contributed by atoms with Gasteiger partial charge in [-0.1, -0.05) is 24.3 Å². The lowest BCUT2D eigenvalue weighted by molar-refractivity contribution is -0.146. The first kappa shape index (κ1) is 16.7. The standard InChI is InChI=1S/C17H17N3O5/c1-19-14(16(22)23)12(8-18-19)15(21)20-9-11-6-4-3-5-10(11)7-13(20)17(24)25-2/h3-6,8,13H,7,9H2,1-2H3,(H,22,23). The minimum Gasteiger partial charge on any atom is -0.477 e. The van der Waals surface area contributed by atoms with E-state index in [2.05, 4.69) is 5.10 Å². The summed E-state index contributed by atoms with van der Waals surface area (Å²) in [5.41, 5.74) is 1.61. The Kier molecular flexibility index (Phi) is 4.26. The molecule has 25 heavy (non-hydrogen) atoms. The first-order valence-electron chi connectivity index (χ1n) is 7.65. The maximum atomic E-state index is 13.0. The molecule has 1 aromatic heterocycles. The van der Waals surface area contributed by atoms with Crippen LogP contribution < -0.4 is 0 Å². The molecular formula is C17H17N3O5. The van der Waals surface area contributed by atoms with Crippen LogP contribution in [0.3, 0.4) is 0 Å². The lowest BCUT2D eigenvalue weighted by atomic mass is 9.93. The fraction of sp³-hybridized carbons (Fsp3) is 0.294. The number of carboxylic acid groups (broad SMARTS) is 1. The van der Waals surface area contributed by atoms with Gasteiger partial charge in [0, 0.05) is 20.0 Å². The monoisotopic (exact) mass is 343 g/mol. The van der Waals surface area contributed by atoms with Crippen LogP contribution in [0.15, 0.2) is 30.5 Å². The van der Waals surface area contributed by atoms with Crippen LogP contribution in [0.2, 0.25) is 0 Å². The third-order valence-corrected chi connectivity index (χ3v) is 4.35. The third-order valence-electron chi connectivity index (χ3n) is 4.35. The molecule has 1 aromatic carbocycles. The van der Waals surface area contributed by atoms with Crippen molar-refractivity contribution in [3.63, 3.8) is 0 Å². The number of aryl methyl sites for hydroxylation is 1. The second-order valence-corrected chi connectivity index (χ2v) is 5.78. The van der Waals surface area contributed by atoms with Crippen LogP contribution in [-0.4, -0.2) is 50.8 Å². The summed E-state index contributed by atoms with van der Waals surface area (Å²) in [6.45, 7) is 0.197. The van der Waals surface area contributed by atoms with Crippen molar-refractivity contribution in [1.29, 1.82) is 0 Å². The van der Waals surface area contributed by atoms with Crippen molar-refractivity contribution in [2.24, 2.45) is 7.05 Å². The van der Waals surface area contributed by atoms with Gasteiger partial charge < -0.3 is 14.7 Å². The Morgan fingerprint density at radius 1 is 1.24 bits per heavy atom. The van der Waals surface area contributed by atoms with E-state index >= 15 is 0 Å². The second-order valence-electron chi connectivity index (χ2n) is 5.78. The van der Waals surface area contributed by atoms with E-state index in [1.807, 2.05) is 24.3 Å². The predicted octanol–water partition coefficient (Wildman–Crippen LogP) is 0.858. The molecule has 1 aliphatic rings. The van der Waals surface area contributed by atoms with Crippen molar-refractivity contribution in [3.8, 4) is 0 Å². The van der Waals surface area contributed by atoms with Crippen LogP contribution >= 0.6 is 0 Å². The van der Waals surface area contributed by atoms with Crippen LogP contribution in [0.25, 0.3) is 0 Å². The number of carbonyl (C=O) groups excluding carboxylic acids is 2. The van der Waals surface area contributed by atoms with E-state index in [1.54, 1.807) is 0 Å². The molecule has 2 heterocycles. The van der Waals surface area contributed by atoms with Crippen LogP contribution in [0.1, 0.15) is 32.0 Å². The number of carboxylic acids is 1. The zero-order valence-electron chi connectivity index (χ0n) is 13.8. The molecule has 1 unspecified atom stereocenters. The van der Waals surface area contributed by atoms with Crippen LogP contribution in [0.4, 0.5) is 0 Å². The Morgan fingerprint density at radius 2 is 1.92 bits per heavy atom. The molecule has 1 N–H and O–H groups in total. The average molecular weight is 343 g/mol. The number of nitrogens with zero attached hydrogens (tertiary/aromatic N) is 3. The molecule has 2 aromatic rings. The number of fused-ring (bicyclic) bond motifs is 1. The van der Waals surface area contributed by atoms with Gasteiger partial charge in [-0.3, -0.25) is 9.48 Å². The highest BCUT2D eigenvalue weighted by atomic mass is 16.5. The maximum Gasteiger partial charge on any atom is 0.354 e. The second kappa shape index (κ2) is 6.39. The summed E-state index contributed by atoms with van der Waals surface area (Å²) in [5, 5.41) is 13.2. The summed E-state index contributed by atoms with van der Waals surface area (Å²) in [4.78, 5) is 38.0. The minimum atomic E-state index is -1.25. The zero-order valence-corrected chi connectivity index (χ0v) is 13.8. The Labute approximate surface area is 143 Å². The fourth-order valence-corrected chi connectivity index (χ4v) is 3.09. The van der Waals surface area contributed by atoms with Crippen molar-refractivity contribution in [2.45, 2.75) is 19.0 Å². The summed E-state index contributed by atoms with van der Waals surface area (Å²) in [6.07, 6.45) is 1.53. The van der Waals surface area contributed by atoms with Crippen molar-refractivity contribution in [3.05, 3.63) is 52.8 Å². The SMILES string of the molecule is COC(=O)C1Cc2ccccc2CN1C(=O)c1cnn(C)c1C(=O)O. The number of aromatic carboxylic acids is 1. The number of methoxy groups -OCH3 is 1. The van der Waals surface area contributed by atoms with E-state index in [1.165, 1.54) is 25.3 Å². The number of hydrogen-bond donors (Lipinski definition) is 1. The normalized spacial score (nSPS) is 16.2. The van der Waals surface area contributed by atoms with Crippen LogP contribution in [-0.2, 0) is 29.5 Å². The van der Waals surface area contributed by atoms with Gasteiger partial charge in [-0.25, -0.2) is 9.59 Å². The lowest BCUT2D eigenvalue weighted by Gasteiger charge is -2.35. The number of amides is 1. The smallest absolute Gasteiger partial charge is 0.354 e. The molecule has 0 saturated heterocycles. The van der Waals surface area contributed by atoms with Crippen molar-refractivity contribution in [2.75, 3.05) is 7.11 Å². The molecule has 1 atom stereocenters. The molecule has 8 heteroatoms. The molecule has 0 aliphatic carbocycles. The average Bonchev–Trinajstić information content (AvgIpc) is 3.01. The Morgan fingerprint density at radius 3 is 2.56 bits per heavy atom. The molecule has 0 saturated carbocycles. The van der Waals surface area contributed by atoms with Gasteiger partial charge in [-0.05, 0) is 11.1 Å². The quantitative estimate of drug-likeness (QED) is 0.830. The van der Waals surface area contributed by atoms with Crippen molar-refractivity contribution >= 4 is 17.8 Å². The minimum absolute atomic E-state index is 0.0525. The van der Waals surface area contributed by atoms with E-state index in [0.29, 0.717) is 6.42 Å². The van der Waals surface area contributed by atoms with Crippen LogP contribution in [0, 0.1) is 0 Å². The fourth-order valence-electron chi connectivity index (χ4n) is 3.09. The zero-order chi connectivity index (χ0) is 18.1. The number of carbonyl (C=O) groups is 3. The Balaban J connectivity index is 2.03. The van der Waals surface area contributed by atoms with Crippen molar-refractivity contribution < 1.29 is 24.2 Å². The Hall–Kier alpha value is -3.16. The van der Waals surface area contributed by atoms with Gasteiger partial charge in [0.25, 0.3) is 5.91 Å². The molecule has 130 valence electrons. The lowest BCUT2D eigenvalue weighted by Crippen LogP contribution is -2.49. The van der Waals surface area contributed by atoms with Gasteiger partial charge in [0.15, 0.2) is 5.69 Å². The Bertz CT molecular complexity index is 858. The van der Waals surface area contributed by atoms with Gasteiger partial charge >= 0.3 is 11.9 Å². The van der Waals surface area contributed by atoms with Gasteiger partial charge in [0.2, 0.25) is 0 Å². The molecule has 0 bridgehead atoms. The number of hydrogen-bond acceptors (Lipinski definition) is 5. The number of ether oxygens (including phenoxy) is 1. The first-order chi connectivity index (χ1) is 11.9. The van der Waals surface area contributed by atoms with E-state index in [-0.39, 0.29) is 17.8 Å². The first-order valence-corrected chi connectivity index (χ1v) is 7.65. The highest BCUT2D eigenvalue weighted by Crippen LogP contribution is 2.26. The highest BCUT2D eigenvalue weighted by molar-refractivity contribution is 6.04. The number of aromatic nitrogens is 2. The van der Waals surface area contributed by atoms with Crippen LogP contribution in [0.5, 0.6) is 0 Å². The molecular weight excluding hydrogens is 326 g/mol. The maximum absolute atomic E-state index is 13.0. The highest BCUT2D eigenvalue weighted by Gasteiger charge is 2.37. The van der Waals surface area contributed by atoms with Gasteiger partial charge in [0.05, 0.1) is 18.9 Å².